The molecular formula is C25H25Cl2N5O3S. The molecular weight excluding hydrogens is 521 g/mol. The van der Waals surface area contributed by atoms with Gasteiger partial charge in [0, 0.05) is 36.1 Å². The Labute approximate surface area is 220 Å². The van der Waals surface area contributed by atoms with Crippen LogP contribution in [0.5, 0.6) is 11.6 Å². The highest BCUT2D eigenvalue weighted by Crippen LogP contribution is 2.34. The fraction of sp³-hybridized carbons (Fsp3) is 0.320. The van der Waals surface area contributed by atoms with Crippen LogP contribution in [-0.2, 0) is 16.4 Å². The summed E-state index contributed by atoms with van der Waals surface area (Å²) in [6.07, 6.45) is 4.54. The molecule has 1 aliphatic rings. The predicted octanol–water partition coefficient (Wildman–Crippen LogP) is 4.92. The maximum Gasteiger partial charge on any atom is 0.229 e. The van der Waals surface area contributed by atoms with E-state index in [1.165, 1.54) is 6.07 Å². The van der Waals surface area contributed by atoms with Crippen molar-refractivity contribution >= 4 is 39.0 Å². The quantitative estimate of drug-likeness (QED) is 0.445. The SMILES string of the molecule is Cc1cc(C#N)cc(Cl)c1Oc1ccnc(N(Cc2ccc(S(C)(=O)=O)cc2Cl)C2CCNCC2)n1. The van der Waals surface area contributed by atoms with Gasteiger partial charge in [-0.1, -0.05) is 29.3 Å². The molecule has 0 atom stereocenters. The van der Waals surface area contributed by atoms with E-state index in [4.69, 9.17) is 33.2 Å². The van der Waals surface area contributed by atoms with Gasteiger partial charge in [-0.3, -0.25) is 0 Å². The number of nitrogens with zero attached hydrogens (tertiary/aromatic N) is 4. The van der Waals surface area contributed by atoms with Gasteiger partial charge < -0.3 is 15.0 Å². The molecule has 36 heavy (non-hydrogen) atoms. The number of nitriles is 1. The topological polar surface area (TPSA) is 108 Å². The summed E-state index contributed by atoms with van der Waals surface area (Å²) in [5.74, 6) is 1.20. The highest BCUT2D eigenvalue weighted by atomic mass is 35.5. The summed E-state index contributed by atoms with van der Waals surface area (Å²) in [4.78, 5) is 11.4. The standard InChI is InChI=1S/C25H25Cl2N5O3S/c1-16-11-17(14-28)12-22(27)24(16)35-23-7-10-30-25(31-23)32(19-5-8-29-9-6-19)15-18-3-4-20(13-21(18)26)36(2,33)34/h3-4,7,10-13,19,29H,5-6,8-9,15H2,1-2H3. The number of benzene rings is 2. The van der Waals surface area contributed by atoms with E-state index in [-0.39, 0.29) is 10.9 Å². The first-order chi connectivity index (χ1) is 17.2. The third-order valence-electron chi connectivity index (χ3n) is 5.98. The summed E-state index contributed by atoms with van der Waals surface area (Å²) in [5.41, 5.74) is 1.93. The van der Waals surface area contributed by atoms with Crippen molar-refractivity contribution in [3.05, 3.63) is 69.3 Å². The van der Waals surface area contributed by atoms with Crippen molar-refractivity contribution < 1.29 is 13.2 Å². The molecule has 0 bridgehead atoms. The Morgan fingerprint density at radius 1 is 1.17 bits per heavy atom. The Balaban J connectivity index is 1.66. The van der Waals surface area contributed by atoms with Crippen molar-refractivity contribution in [2.75, 3.05) is 24.2 Å². The van der Waals surface area contributed by atoms with Crippen LogP contribution >= 0.6 is 23.2 Å². The summed E-state index contributed by atoms with van der Waals surface area (Å²) in [7, 11) is -3.37. The highest BCUT2D eigenvalue weighted by Gasteiger charge is 2.25. The van der Waals surface area contributed by atoms with Crippen molar-refractivity contribution in [1.29, 1.82) is 5.26 Å². The number of ether oxygens (including phenoxy) is 1. The number of aryl methyl sites for hydroxylation is 1. The Morgan fingerprint density at radius 2 is 1.92 bits per heavy atom. The predicted molar refractivity (Wildman–Crippen MR) is 140 cm³/mol. The molecule has 0 saturated carbocycles. The number of halogens is 2. The first-order valence-corrected chi connectivity index (χ1v) is 14.0. The van der Waals surface area contributed by atoms with Crippen molar-refractivity contribution in [2.45, 2.75) is 37.2 Å². The maximum absolute atomic E-state index is 11.9. The molecule has 188 valence electrons. The molecule has 11 heteroatoms. The van der Waals surface area contributed by atoms with Crippen LogP contribution in [0.4, 0.5) is 5.95 Å². The normalized spacial score (nSPS) is 14.3. The number of hydrogen-bond donors (Lipinski definition) is 1. The Morgan fingerprint density at radius 3 is 2.56 bits per heavy atom. The Bertz CT molecular complexity index is 1400. The lowest BCUT2D eigenvalue weighted by molar-refractivity contribution is 0.418. The number of hydrogen-bond acceptors (Lipinski definition) is 8. The molecule has 1 aromatic heterocycles. The number of aromatic nitrogens is 2. The lowest BCUT2D eigenvalue weighted by atomic mass is 10.0. The van der Waals surface area contributed by atoms with E-state index in [1.807, 2.05) is 6.92 Å². The van der Waals surface area contributed by atoms with Crippen molar-refractivity contribution in [3.63, 3.8) is 0 Å². The first-order valence-electron chi connectivity index (χ1n) is 11.3. The largest absolute Gasteiger partial charge is 0.437 e. The molecule has 1 fully saturated rings. The zero-order valence-corrected chi connectivity index (χ0v) is 22.2. The summed E-state index contributed by atoms with van der Waals surface area (Å²) in [6, 6.07) is 11.9. The van der Waals surface area contributed by atoms with E-state index in [0.717, 1.165) is 37.8 Å². The average molecular weight is 546 g/mol. The summed E-state index contributed by atoms with van der Waals surface area (Å²) >= 11 is 12.9. The molecule has 2 heterocycles. The van der Waals surface area contributed by atoms with Crippen molar-refractivity contribution in [2.24, 2.45) is 0 Å². The number of piperidine rings is 1. The lowest BCUT2D eigenvalue weighted by Crippen LogP contribution is -2.43. The van der Waals surface area contributed by atoms with Gasteiger partial charge in [0.05, 0.1) is 21.6 Å². The van der Waals surface area contributed by atoms with Crippen LogP contribution < -0.4 is 15.0 Å². The summed E-state index contributed by atoms with van der Waals surface area (Å²) in [5, 5.41) is 13.2. The lowest BCUT2D eigenvalue weighted by Gasteiger charge is -2.35. The van der Waals surface area contributed by atoms with Crippen LogP contribution in [0, 0.1) is 18.3 Å². The van der Waals surface area contributed by atoms with Gasteiger partial charge in [-0.25, -0.2) is 13.4 Å². The van der Waals surface area contributed by atoms with Gasteiger partial charge in [0.15, 0.2) is 15.6 Å². The van der Waals surface area contributed by atoms with Crippen LogP contribution in [-0.4, -0.2) is 43.8 Å². The zero-order chi connectivity index (χ0) is 25.9. The fourth-order valence-corrected chi connectivity index (χ4v) is 5.37. The summed E-state index contributed by atoms with van der Waals surface area (Å²) in [6.45, 7) is 3.93. The van der Waals surface area contributed by atoms with Crippen LogP contribution in [0.3, 0.4) is 0 Å². The van der Waals surface area contributed by atoms with E-state index in [0.29, 0.717) is 45.3 Å². The van der Waals surface area contributed by atoms with E-state index in [9.17, 15) is 8.42 Å². The van der Waals surface area contributed by atoms with Crippen LogP contribution in [0.2, 0.25) is 10.0 Å². The molecule has 4 rings (SSSR count). The second-order valence-corrected chi connectivity index (χ2v) is 11.5. The van der Waals surface area contributed by atoms with Gasteiger partial charge in [-0.15, -0.1) is 0 Å². The number of rotatable bonds is 7. The first kappa shape index (κ1) is 26.2. The zero-order valence-electron chi connectivity index (χ0n) is 19.8. The van der Waals surface area contributed by atoms with Crippen molar-refractivity contribution in [1.82, 2.24) is 15.3 Å². The van der Waals surface area contributed by atoms with Gasteiger partial charge >= 0.3 is 0 Å². The number of anilines is 1. The van der Waals surface area contributed by atoms with Crippen molar-refractivity contribution in [3.8, 4) is 17.7 Å². The molecule has 1 saturated heterocycles. The van der Waals surface area contributed by atoms with Gasteiger partial charge in [-0.05, 0) is 68.2 Å². The van der Waals surface area contributed by atoms with Gasteiger partial charge in [0.2, 0.25) is 11.8 Å². The van der Waals surface area contributed by atoms with E-state index in [2.05, 4.69) is 26.3 Å². The summed E-state index contributed by atoms with van der Waals surface area (Å²) < 4.78 is 29.9. The second-order valence-electron chi connectivity index (χ2n) is 8.65. The molecule has 1 N–H and O–H groups in total. The number of nitrogens with one attached hydrogen (secondary N) is 1. The minimum Gasteiger partial charge on any atom is -0.437 e. The van der Waals surface area contributed by atoms with E-state index >= 15 is 0 Å². The smallest absolute Gasteiger partial charge is 0.229 e. The molecule has 0 aliphatic carbocycles. The molecule has 0 amide bonds. The van der Waals surface area contributed by atoms with Crippen LogP contribution in [0.1, 0.15) is 29.5 Å². The highest BCUT2D eigenvalue weighted by molar-refractivity contribution is 7.90. The third kappa shape index (κ3) is 6.08. The van der Waals surface area contributed by atoms with E-state index < -0.39 is 9.84 Å². The molecule has 2 aromatic carbocycles. The molecule has 0 spiro atoms. The van der Waals surface area contributed by atoms with Gasteiger partial charge in [-0.2, -0.15) is 10.2 Å². The second kappa shape index (κ2) is 11.0. The molecule has 3 aromatic rings. The van der Waals surface area contributed by atoms with Crippen LogP contribution in [0.15, 0.2) is 47.5 Å². The van der Waals surface area contributed by atoms with E-state index in [1.54, 1.807) is 36.5 Å². The average Bonchev–Trinajstić information content (AvgIpc) is 2.85. The molecule has 1 aliphatic heterocycles. The maximum atomic E-state index is 11.9. The molecule has 0 radical (unpaired) electrons. The molecule has 0 unspecified atom stereocenters. The Hall–Kier alpha value is -2.90. The Kier molecular flexibility index (Phi) is 8.00. The monoisotopic (exact) mass is 545 g/mol. The molecule has 8 nitrogen and oxygen atoms in total. The fourth-order valence-electron chi connectivity index (χ4n) is 4.11. The third-order valence-corrected chi connectivity index (χ3v) is 7.72. The van der Waals surface area contributed by atoms with Crippen LogP contribution in [0.25, 0.3) is 0 Å². The van der Waals surface area contributed by atoms with Gasteiger partial charge in [0.25, 0.3) is 0 Å². The minimum absolute atomic E-state index is 0.146. The number of sulfone groups is 1. The minimum atomic E-state index is -3.37. The van der Waals surface area contributed by atoms with Gasteiger partial charge in [0.1, 0.15) is 0 Å².